The lowest BCUT2D eigenvalue weighted by Gasteiger charge is -2.43. The summed E-state index contributed by atoms with van der Waals surface area (Å²) in [5.74, 6) is -5.62. The molecule has 0 aromatic heterocycles. The smallest absolute Gasteiger partial charge is 0.373 e. The van der Waals surface area contributed by atoms with Crippen LogP contribution in [0.15, 0.2) is 137 Å². The monoisotopic (exact) mass is 2030 g/mol. The Hall–Kier alpha value is -3.06. The molecule has 0 heterocycles. The number of halogens is 12. The molecule has 0 aliphatic heterocycles. The van der Waals surface area contributed by atoms with Gasteiger partial charge >= 0.3 is 36.2 Å². The van der Waals surface area contributed by atoms with Gasteiger partial charge in [0.15, 0.2) is 0 Å². The van der Waals surface area contributed by atoms with Crippen LogP contribution in [0.5, 0.6) is 0 Å². The quantitative estimate of drug-likeness (QED) is 0.0482. The lowest BCUT2D eigenvalue weighted by Crippen LogP contribution is -2.35. The second-order valence-corrected chi connectivity index (χ2v) is 33.9. The van der Waals surface area contributed by atoms with Crippen LogP contribution in [-0.4, -0.2) is 61.9 Å². The maximum absolute atomic E-state index is 11.9. The fraction of sp³-hybridized carbons (Fsp3) is 0.304. The molecule has 0 saturated carbocycles. The van der Waals surface area contributed by atoms with E-state index < -0.39 is 50.9 Å². The van der Waals surface area contributed by atoms with Gasteiger partial charge in [0.05, 0.1) is 45.0 Å². The minimum absolute atomic E-state index is 0.109. The zero-order chi connectivity index (χ0) is 70.3. The van der Waals surface area contributed by atoms with E-state index >= 15 is 0 Å². The topological polar surface area (TPSA) is 217 Å². The fourth-order valence-corrected chi connectivity index (χ4v) is 18.5. The average Bonchev–Trinajstić information content (AvgIpc) is 0.735. The third kappa shape index (κ3) is 17.2. The van der Waals surface area contributed by atoms with Crippen molar-refractivity contribution in [3.63, 3.8) is 0 Å². The first-order valence-corrected chi connectivity index (χ1v) is 38.3. The van der Waals surface area contributed by atoms with Gasteiger partial charge in [0.2, 0.25) is 0 Å². The van der Waals surface area contributed by atoms with E-state index in [0.717, 1.165) is 39.7 Å². The second kappa shape index (κ2) is 34.1. The Morgan fingerprint density at radius 3 is 1.25 bits per heavy atom. The molecule has 6 aromatic rings. The van der Waals surface area contributed by atoms with Crippen LogP contribution in [0.2, 0.25) is 0 Å². The summed E-state index contributed by atoms with van der Waals surface area (Å²) in [7, 11) is 0. The maximum Gasteiger partial charge on any atom is 0.373 e. The number of fused-ring (bicyclic) bond motifs is 6. The van der Waals surface area contributed by atoms with E-state index in [1.165, 1.54) is 90.5 Å². The van der Waals surface area contributed by atoms with Crippen molar-refractivity contribution in [2.24, 2.45) is 17.8 Å². The van der Waals surface area contributed by atoms with E-state index in [-0.39, 0.29) is 47.7 Å². The number of allylic oxidation sites excluding steroid dienone is 5. The average molecular weight is 2040 g/mol. The number of benzene rings is 6. The lowest BCUT2D eigenvalue weighted by molar-refractivity contribution is -0.193. The summed E-state index contributed by atoms with van der Waals surface area (Å²) in [4.78, 5) is 78.8. The molecule has 0 bridgehead atoms. The molecule has 0 amide bonds. The van der Waals surface area contributed by atoms with Crippen LogP contribution in [0.1, 0.15) is 172 Å². The first kappa shape index (κ1) is 80.6. The second-order valence-electron chi connectivity index (χ2n) is 22.4. The summed E-state index contributed by atoms with van der Waals surface area (Å²) in [6.07, 6.45) is 6.93. The highest BCUT2D eigenvalue weighted by molar-refractivity contribution is 9.14. The molecule has 12 nitrogen and oxygen atoms in total. The number of hydrogen-bond acceptors (Lipinski definition) is 8. The number of rotatable bonds is 13. The van der Waals surface area contributed by atoms with Crippen molar-refractivity contribution in [3.8, 4) is 0 Å². The Kier molecular flexibility index (Phi) is 29.6. The van der Waals surface area contributed by atoms with Gasteiger partial charge in [-0.05, 0) is 248 Å². The third-order valence-corrected chi connectivity index (χ3v) is 30.0. The van der Waals surface area contributed by atoms with Crippen LogP contribution in [0.4, 0.5) is 0 Å². The van der Waals surface area contributed by atoms with Gasteiger partial charge in [0.25, 0.3) is 0 Å². The molecule has 5 atom stereocenters. The van der Waals surface area contributed by atoms with E-state index in [1.807, 2.05) is 6.07 Å². The number of aryl methyl sites for hydroxylation is 4. The van der Waals surface area contributed by atoms with E-state index in [2.05, 4.69) is 307 Å². The molecule has 93 heavy (non-hydrogen) atoms. The molecule has 0 saturated heterocycles. The summed E-state index contributed by atoms with van der Waals surface area (Å²) in [6.45, 7) is 19.6. The molecule has 0 spiro atoms. The van der Waals surface area contributed by atoms with Gasteiger partial charge in [-0.25, -0.2) is 14.4 Å². The van der Waals surface area contributed by atoms with Crippen LogP contribution in [0.25, 0.3) is 0 Å². The van der Waals surface area contributed by atoms with Gasteiger partial charge in [-0.15, -0.1) is 0 Å². The van der Waals surface area contributed by atoms with Crippen molar-refractivity contribution >= 4 is 227 Å². The van der Waals surface area contributed by atoms with Crippen molar-refractivity contribution < 1.29 is 58.8 Å². The van der Waals surface area contributed by atoms with Gasteiger partial charge < -0.3 is 20.4 Å². The maximum atomic E-state index is 11.9. The predicted molar refractivity (Wildman–Crippen MR) is 404 cm³/mol. The lowest BCUT2D eigenvalue weighted by atomic mass is 9.70. The first-order valence-electron chi connectivity index (χ1n) is 28.1. The molecule has 0 radical (unpaired) electrons. The number of hydrogen-bond donors (Lipinski definition) is 4. The Morgan fingerprint density at radius 2 is 0.839 bits per heavy atom. The summed E-state index contributed by atoms with van der Waals surface area (Å²) in [5, 5.41) is 38.6. The molecule has 6 aromatic carbocycles. The van der Waals surface area contributed by atoms with Crippen LogP contribution in [0, 0.1) is 45.4 Å². The number of carbonyl (C=O) groups is 4. The van der Waals surface area contributed by atoms with Gasteiger partial charge in [0.1, 0.15) is 0 Å². The van der Waals surface area contributed by atoms with Gasteiger partial charge in [-0.1, -0.05) is 227 Å². The number of aromatic carboxylic acids is 2. The van der Waals surface area contributed by atoms with Crippen molar-refractivity contribution in [2.75, 3.05) is 5.33 Å². The first-order chi connectivity index (χ1) is 43.4. The van der Waals surface area contributed by atoms with Crippen molar-refractivity contribution in [1.82, 2.24) is 0 Å². The zero-order valence-corrected chi connectivity index (χ0v) is 70.0. The highest BCUT2D eigenvalue weighted by Crippen LogP contribution is 2.61. The molecule has 4 N–H and O–H groups in total. The summed E-state index contributed by atoms with van der Waals surface area (Å²) < 4.78 is 3.56. The van der Waals surface area contributed by atoms with Crippen molar-refractivity contribution in [3.05, 3.63) is 237 Å². The summed E-state index contributed by atoms with van der Waals surface area (Å²) >= 11 is 45.7. The highest BCUT2D eigenvalue weighted by Gasteiger charge is 2.49. The minimum atomic E-state index is -1.42. The number of alkyl halides is 7. The molecule has 9 rings (SSSR count). The van der Waals surface area contributed by atoms with E-state index in [9.17, 15) is 34.5 Å². The summed E-state index contributed by atoms with van der Waals surface area (Å²) in [6, 6.07) is 28.2. The third-order valence-electron chi connectivity index (χ3n) is 16.7. The van der Waals surface area contributed by atoms with Crippen LogP contribution >= 0.6 is 191 Å². The van der Waals surface area contributed by atoms with Crippen molar-refractivity contribution in [2.45, 2.75) is 103 Å². The highest BCUT2D eigenvalue weighted by atomic mass is 79.9. The minimum Gasteiger partial charge on any atom is -0.481 e. The van der Waals surface area contributed by atoms with E-state index in [1.54, 1.807) is 25.1 Å². The van der Waals surface area contributed by atoms with Crippen molar-refractivity contribution in [1.29, 1.82) is 0 Å². The summed E-state index contributed by atoms with van der Waals surface area (Å²) in [5.41, 5.74) is 18.8. The molecule has 3 aliphatic rings. The molecule has 5 unspecified atom stereocenters. The Balaban J connectivity index is 0.000000244. The van der Waals surface area contributed by atoms with E-state index in [0.29, 0.717) is 22.6 Å². The van der Waals surface area contributed by atoms with Crippen LogP contribution in [-0.2, 0) is 41.7 Å². The predicted octanol–water partition coefficient (Wildman–Crippen LogP) is 22.3. The normalized spacial score (nSPS) is 20.7. The number of carbonyl (C=O) groups excluding carboxylic acids is 4. The molecular formula is C69H60Br12O12. The number of carboxylic acid groups (broad SMARTS) is 4. The number of carboxylic acids is 4. The Morgan fingerprint density at radius 1 is 0.505 bits per heavy atom. The van der Waals surface area contributed by atoms with Gasteiger partial charge in [0, 0.05) is 33.3 Å². The molecule has 24 heteroatoms. The van der Waals surface area contributed by atoms with E-state index in [4.69, 9.17) is 24.3 Å². The molecule has 492 valence electrons. The number of aliphatic carboxylic acids is 2. The molecular weight excluding hydrogens is 1980 g/mol. The standard InChI is InChI=1S/C25H30Br2.C23H18Br2O8.C19H12Br8.2CO2/c1-8-14(2)9-19(7)25(27)22-12-17(5)15(3)10-20(22)24(26)21-11-16(4)18(6)13-23(21)25;1-10(6-11(20(28)29)7-18(26)27)23(25)16-5-3-2-4-12(16)19(24)15-8-13(21(30)31)14(22(32)33)9-17(15)23;1-8(2-9(21)7-20)19(27)12-5-16(24)14(22)3-10(12)18(26)11-4-15(23)17(25)6-13(11)19;2*2-1-3/h9-13,19,24H,8H2,1-7H3;2-6,8-10,19H,7H2,1H3,(H,26,27)(H,28,29)(H,30,31)(H,32,33);2-6,8,18H,7H2,1H3;;/b14-9-;11-6+;9-2+;;. The Bertz CT molecular complexity index is 3810. The SMILES string of the molecule is CC(/C=C(/Br)CBr)C1(Br)c2cc(Br)c(Br)cc2C(Br)c2cc(Br)c(Br)cc21.CC(/C=C(\CC(=O)O)C(=O)O)C1(Br)c2ccccc2C(Br)c2cc(C(=O)O)c(C(=O)O)cc21.CC/C(C)=C\C(C)C1(Br)c2cc(C)c(C)cc2C(Br)c2cc(C)c(C)cc21.O=C=O.O=C=O. The Labute approximate surface area is 641 Å². The molecule has 0 fully saturated rings. The fourth-order valence-electron chi connectivity index (χ4n) is 11.7. The van der Waals surface area contributed by atoms with Crippen LogP contribution < -0.4 is 0 Å². The zero-order valence-electron chi connectivity index (χ0n) is 51.0. The molecule has 3 aliphatic carbocycles. The van der Waals surface area contributed by atoms with Gasteiger partial charge in [-0.2, -0.15) is 19.2 Å². The van der Waals surface area contributed by atoms with Crippen LogP contribution in [0.3, 0.4) is 0 Å². The van der Waals surface area contributed by atoms with Gasteiger partial charge in [-0.3, -0.25) is 4.79 Å². The largest absolute Gasteiger partial charge is 0.481 e.